The fourth-order valence-corrected chi connectivity index (χ4v) is 1.69. The summed E-state index contributed by atoms with van der Waals surface area (Å²) < 4.78 is 5.30. The van der Waals surface area contributed by atoms with E-state index in [0.717, 1.165) is 5.56 Å². The van der Waals surface area contributed by atoms with Crippen molar-refractivity contribution in [2.24, 2.45) is 0 Å². The van der Waals surface area contributed by atoms with Gasteiger partial charge in [0.05, 0.1) is 11.5 Å². The van der Waals surface area contributed by atoms with Crippen LogP contribution in [0.4, 0.5) is 5.69 Å². The van der Waals surface area contributed by atoms with Gasteiger partial charge in [-0.3, -0.25) is 10.1 Å². The van der Waals surface area contributed by atoms with Crippen LogP contribution >= 0.6 is 0 Å². The van der Waals surface area contributed by atoms with Crippen LogP contribution in [0.25, 0.3) is 0 Å². The van der Waals surface area contributed by atoms with Crippen LogP contribution in [0.3, 0.4) is 0 Å². The molecule has 15 heavy (non-hydrogen) atoms. The maximum atomic E-state index is 10.7. The molecule has 0 bridgehead atoms. The molecule has 0 spiro atoms. The van der Waals surface area contributed by atoms with Crippen molar-refractivity contribution in [1.29, 1.82) is 0 Å². The first-order valence-electron chi connectivity index (χ1n) is 4.53. The zero-order valence-corrected chi connectivity index (χ0v) is 7.97. The maximum absolute atomic E-state index is 10.7. The van der Waals surface area contributed by atoms with Gasteiger partial charge < -0.3 is 9.84 Å². The lowest BCUT2D eigenvalue weighted by Gasteiger charge is -2.05. The number of hydrogen-bond donors (Lipinski definition) is 1. The monoisotopic (exact) mass is 208 g/mol. The number of ether oxygens (including phenoxy) is 1. The minimum absolute atomic E-state index is 0.0617. The molecule has 0 saturated carbocycles. The molecular weight excluding hydrogens is 198 g/mol. The molecule has 2 rings (SSSR count). The van der Waals surface area contributed by atoms with Crippen LogP contribution in [0.1, 0.15) is 11.1 Å². The average molecular weight is 208 g/mol. The molecule has 5 heteroatoms. The van der Waals surface area contributed by atoms with Crippen molar-refractivity contribution in [2.75, 3.05) is 6.61 Å². The second-order valence-electron chi connectivity index (χ2n) is 3.44. The molecule has 1 unspecified atom stereocenters. The first-order valence-corrected chi connectivity index (χ1v) is 4.53. The maximum Gasteiger partial charge on any atom is 0.311 e. The molecule has 1 aliphatic rings. The Kier molecular flexibility index (Phi) is 2.32. The van der Waals surface area contributed by atoms with Crippen molar-refractivity contribution < 1.29 is 14.8 Å². The highest BCUT2D eigenvalue weighted by Crippen LogP contribution is 2.39. The quantitative estimate of drug-likeness (QED) is 0.582. The Morgan fingerprint density at radius 3 is 3.00 bits per heavy atom. The number of nitro benzene ring substituents is 1. The van der Waals surface area contributed by atoms with Crippen LogP contribution in [0, 0.1) is 17.0 Å². The van der Waals surface area contributed by atoms with Crippen LogP contribution in [0.15, 0.2) is 12.1 Å². The summed E-state index contributed by atoms with van der Waals surface area (Å²) in [4.78, 5) is 10.2. The first-order chi connectivity index (χ1) is 7.13. The number of hydrogen-bond acceptors (Lipinski definition) is 4. The normalized spacial score (nSPS) is 18.4. The second kappa shape index (κ2) is 3.51. The van der Waals surface area contributed by atoms with E-state index in [1.807, 2.05) is 0 Å². The Morgan fingerprint density at radius 1 is 1.67 bits per heavy atom. The van der Waals surface area contributed by atoms with Gasteiger partial charge in [0.25, 0.3) is 0 Å². The lowest BCUT2D eigenvalue weighted by molar-refractivity contribution is -0.385. The summed E-state index contributed by atoms with van der Waals surface area (Å²) in [5.41, 5.74) is 1.38. The molecule has 5 nitrogen and oxygen atoms in total. The minimum atomic E-state index is -0.488. The highest BCUT2D eigenvalue weighted by atomic mass is 16.6. The van der Waals surface area contributed by atoms with Crippen LogP contribution in [0.5, 0.6) is 5.75 Å². The fraction of sp³-hybridized carbons (Fsp3) is 0.300. The summed E-state index contributed by atoms with van der Waals surface area (Å²) in [6.45, 7) is 3.63. The Balaban J connectivity index is 2.49. The average Bonchev–Trinajstić information content (AvgIpc) is 2.62. The summed E-state index contributed by atoms with van der Waals surface area (Å²) in [5.74, 6) is 0.256. The molecule has 1 radical (unpaired) electrons. The van der Waals surface area contributed by atoms with E-state index in [9.17, 15) is 10.1 Å². The topological polar surface area (TPSA) is 72.6 Å². The number of nitro groups is 1. The number of nitrogens with zero attached hydrogens (tertiary/aromatic N) is 1. The van der Waals surface area contributed by atoms with E-state index in [1.165, 1.54) is 6.07 Å². The smallest absolute Gasteiger partial charge is 0.311 e. The molecule has 1 N–H and O–H groups in total. The zero-order chi connectivity index (χ0) is 11.0. The van der Waals surface area contributed by atoms with Gasteiger partial charge in [0, 0.05) is 18.1 Å². The van der Waals surface area contributed by atoms with Crippen molar-refractivity contribution in [1.82, 2.24) is 0 Å². The van der Waals surface area contributed by atoms with Crippen molar-refractivity contribution in [3.8, 4) is 5.75 Å². The third-order valence-corrected chi connectivity index (χ3v) is 2.45. The standard InChI is InChI=1S/C10H10NO4/c1-6-2-3-9(11(13)14)10-8(6)4-7(5-12)15-10/h2-3,7,12H,1,4-5H2. The molecular formula is C10H10NO4. The number of rotatable bonds is 2. The van der Waals surface area contributed by atoms with Gasteiger partial charge >= 0.3 is 5.69 Å². The fourth-order valence-electron chi connectivity index (χ4n) is 1.69. The van der Waals surface area contributed by atoms with Gasteiger partial charge in [-0.25, -0.2) is 0 Å². The van der Waals surface area contributed by atoms with Crippen molar-refractivity contribution in [3.05, 3.63) is 40.3 Å². The predicted octanol–water partition coefficient (Wildman–Crippen LogP) is 1.07. The van der Waals surface area contributed by atoms with Crippen LogP contribution in [-0.2, 0) is 6.42 Å². The number of aliphatic hydroxyl groups excluding tert-OH is 1. The second-order valence-corrected chi connectivity index (χ2v) is 3.44. The predicted molar refractivity (Wildman–Crippen MR) is 52.8 cm³/mol. The number of benzene rings is 1. The summed E-state index contributed by atoms with van der Waals surface area (Å²) >= 11 is 0. The molecule has 79 valence electrons. The summed E-state index contributed by atoms with van der Waals surface area (Å²) in [6, 6.07) is 2.97. The van der Waals surface area contributed by atoms with Gasteiger partial charge in [-0.1, -0.05) is 6.07 Å². The van der Waals surface area contributed by atoms with E-state index < -0.39 is 4.92 Å². The lowest BCUT2D eigenvalue weighted by Crippen LogP contribution is -2.17. The summed E-state index contributed by atoms with van der Waals surface area (Å²) in [6.07, 6.45) is 0.0911. The minimum Gasteiger partial charge on any atom is -0.480 e. The molecule has 1 atom stereocenters. The lowest BCUT2D eigenvalue weighted by atomic mass is 10.0. The number of fused-ring (bicyclic) bond motifs is 1. The molecule has 1 aliphatic heterocycles. The van der Waals surface area contributed by atoms with Gasteiger partial charge in [-0.2, -0.15) is 0 Å². The van der Waals surface area contributed by atoms with Crippen LogP contribution in [-0.4, -0.2) is 22.7 Å². The van der Waals surface area contributed by atoms with Gasteiger partial charge in [0.15, 0.2) is 0 Å². The van der Waals surface area contributed by atoms with Gasteiger partial charge in [0.1, 0.15) is 6.10 Å². The van der Waals surface area contributed by atoms with Crippen molar-refractivity contribution in [2.45, 2.75) is 12.5 Å². The van der Waals surface area contributed by atoms with Crippen molar-refractivity contribution in [3.63, 3.8) is 0 Å². The highest BCUT2D eigenvalue weighted by Gasteiger charge is 2.30. The third kappa shape index (κ3) is 1.55. The SMILES string of the molecule is [CH2]c1ccc([N+](=O)[O-])c2c1CC(CO)O2. The third-order valence-electron chi connectivity index (χ3n) is 2.45. The molecule has 0 fully saturated rings. The summed E-state index contributed by atoms with van der Waals surface area (Å²) in [7, 11) is 0. The Morgan fingerprint density at radius 2 is 2.40 bits per heavy atom. The highest BCUT2D eigenvalue weighted by molar-refractivity contribution is 5.58. The van der Waals surface area contributed by atoms with Gasteiger partial charge in [-0.15, -0.1) is 0 Å². The van der Waals surface area contributed by atoms with E-state index >= 15 is 0 Å². The molecule has 1 aromatic rings. The van der Waals surface area contributed by atoms with E-state index in [-0.39, 0.29) is 24.1 Å². The molecule has 0 saturated heterocycles. The van der Waals surface area contributed by atoms with Crippen LogP contribution < -0.4 is 4.74 Å². The van der Waals surface area contributed by atoms with E-state index in [2.05, 4.69) is 6.92 Å². The molecule has 0 amide bonds. The number of aliphatic hydroxyl groups is 1. The van der Waals surface area contributed by atoms with E-state index in [0.29, 0.717) is 12.0 Å². The molecule has 0 aromatic heterocycles. The van der Waals surface area contributed by atoms with Crippen molar-refractivity contribution >= 4 is 5.69 Å². The molecule has 0 aliphatic carbocycles. The Hall–Kier alpha value is -1.62. The molecule has 1 aromatic carbocycles. The zero-order valence-electron chi connectivity index (χ0n) is 7.97. The van der Waals surface area contributed by atoms with E-state index in [4.69, 9.17) is 9.84 Å². The Labute approximate surface area is 86.4 Å². The Bertz CT molecular complexity index is 416. The molecule has 1 heterocycles. The first kappa shape index (κ1) is 9.92. The summed E-state index contributed by atoms with van der Waals surface area (Å²) in [5, 5.41) is 19.7. The van der Waals surface area contributed by atoms with E-state index in [1.54, 1.807) is 6.07 Å². The van der Waals surface area contributed by atoms with Crippen LogP contribution in [0.2, 0.25) is 0 Å². The largest absolute Gasteiger partial charge is 0.480 e. The van der Waals surface area contributed by atoms with Gasteiger partial charge in [-0.05, 0) is 12.5 Å². The van der Waals surface area contributed by atoms with Gasteiger partial charge in [0.2, 0.25) is 5.75 Å².